The third kappa shape index (κ3) is 5.55. The van der Waals surface area contributed by atoms with Gasteiger partial charge >= 0.3 is 0 Å². The SMILES string of the molecule is CCCc1nc(CN2CCCC(C(=O)NCCN)C2)no1.Cl. The molecule has 1 aliphatic rings. The minimum atomic E-state index is 0. The maximum absolute atomic E-state index is 12.0. The van der Waals surface area contributed by atoms with E-state index in [9.17, 15) is 4.79 Å². The largest absolute Gasteiger partial charge is 0.355 e. The fraction of sp³-hybridized carbons (Fsp3) is 0.786. The fourth-order valence-corrected chi connectivity index (χ4v) is 2.62. The standard InChI is InChI=1S/C14H25N5O2.ClH/c1-2-4-13-17-12(18-21-13)10-19-8-3-5-11(9-19)14(20)16-7-6-15;/h11H,2-10,15H2,1H3,(H,16,20);1H. The number of likely N-dealkylation sites (tertiary alicyclic amines) is 1. The summed E-state index contributed by atoms with van der Waals surface area (Å²) in [6, 6.07) is 0. The average Bonchev–Trinajstić information content (AvgIpc) is 2.92. The van der Waals surface area contributed by atoms with Crippen molar-refractivity contribution >= 4 is 18.3 Å². The van der Waals surface area contributed by atoms with Crippen molar-refractivity contribution in [2.24, 2.45) is 11.7 Å². The highest BCUT2D eigenvalue weighted by molar-refractivity contribution is 5.85. The molecule has 1 unspecified atom stereocenters. The molecule has 1 aliphatic heterocycles. The summed E-state index contributed by atoms with van der Waals surface area (Å²) in [5.41, 5.74) is 5.41. The van der Waals surface area contributed by atoms with Gasteiger partial charge in [0.2, 0.25) is 11.8 Å². The molecule has 2 rings (SSSR count). The summed E-state index contributed by atoms with van der Waals surface area (Å²) < 4.78 is 5.19. The van der Waals surface area contributed by atoms with E-state index in [1.807, 2.05) is 0 Å². The number of aryl methyl sites for hydroxylation is 1. The van der Waals surface area contributed by atoms with E-state index in [2.05, 4.69) is 27.3 Å². The Labute approximate surface area is 137 Å². The van der Waals surface area contributed by atoms with Gasteiger partial charge in [0, 0.05) is 26.1 Å². The first-order valence-electron chi connectivity index (χ1n) is 7.74. The van der Waals surface area contributed by atoms with E-state index < -0.39 is 0 Å². The smallest absolute Gasteiger partial charge is 0.226 e. The van der Waals surface area contributed by atoms with Crippen molar-refractivity contribution in [1.82, 2.24) is 20.4 Å². The van der Waals surface area contributed by atoms with E-state index in [0.717, 1.165) is 38.8 Å². The van der Waals surface area contributed by atoms with Crippen LogP contribution < -0.4 is 11.1 Å². The summed E-state index contributed by atoms with van der Waals surface area (Å²) >= 11 is 0. The zero-order chi connectivity index (χ0) is 15.1. The average molecular weight is 332 g/mol. The van der Waals surface area contributed by atoms with E-state index >= 15 is 0 Å². The highest BCUT2D eigenvalue weighted by atomic mass is 35.5. The van der Waals surface area contributed by atoms with Gasteiger partial charge in [0.15, 0.2) is 5.82 Å². The fourth-order valence-electron chi connectivity index (χ4n) is 2.62. The van der Waals surface area contributed by atoms with Crippen molar-refractivity contribution in [3.05, 3.63) is 11.7 Å². The Morgan fingerprint density at radius 2 is 2.36 bits per heavy atom. The van der Waals surface area contributed by atoms with Crippen molar-refractivity contribution in [1.29, 1.82) is 0 Å². The molecule has 1 amide bonds. The van der Waals surface area contributed by atoms with Gasteiger partial charge in [-0.2, -0.15) is 4.98 Å². The Morgan fingerprint density at radius 3 is 3.09 bits per heavy atom. The monoisotopic (exact) mass is 331 g/mol. The number of amides is 1. The Balaban J connectivity index is 0.00000242. The molecule has 2 heterocycles. The van der Waals surface area contributed by atoms with Crippen molar-refractivity contribution in [3.8, 4) is 0 Å². The molecule has 22 heavy (non-hydrogen) atoms. The van der Waals surface area contributed by atoms with Crippen LogP contribution in [0.4, 0.5) is 0 Å². The molecule has 1 saturated heterocycles. The molecule has 1 aromatic heterocycles. The van der Waals surface area contributed by atoms with Crippen molar-refractivity contribution in [3.63, 3.8) is 0 Å². The Kier molecular flexibility index (Phi) is 8.37. The highest BCUT2D eigenvalue weighted by Crippen LogP contribution is 2.18. The van der Waals surface area contributed by atoms with Crippen LogP contribution in [0.2, 0.25) is 0 Å². The molecule has 0 spiro atoms. The molecule has 0 bridgehead atoms. The van der Waals surface area contributed by atoms with Crippen LogP contribution in [0.25, 0.3) is 0 Å². The molecular formula is C14H26ClN5O2. The van der Waals surface area contributed by atoms with Gasteiger partial charge in [0.05, 0.1) is 12.5 Å². The summed E-state index contributed by atoms with van der Waals surface area (Å²) in [7, 11) is 0. The molecule has 1 atom stereocenters. The van der Waals surface area contributed by atoms with Crippen LogP contribution in [0.5, 0.6) is 0 Å². The van der Waals surface area contributed by atoms with E-state index in [1.165, 1.54) is 0 Å². The summed E-state index contributed by atoms with van der Waals surface area (Å²) in [4.78, 5) is 18.6. The molecule has 126 valence electrons. The number of carbonyl (C=O) groups excluding carboxylic acids is 1. The number of hydrogen-bond acceptors (Lipinski definition) is 6. The second-order valence-electron chi connectivity index (χ2n) is 5.51. The number of nitrogens with zero attached hydrogens (tertiary/aromatic N) is 3. The van der Waals surface area contributed by atoms with E-state index in [-0.39, 0.29) is 24.2 Å². The first kappa shape index (κ1) is 18.9. The molecule has 8 heteroatoms. The summed E-state index contributed by atoms with van der Waals surface area (Å²) in [5, 5.41) is 6.87. The molecule has 7 nitrogen and oxygen atoms in total. The highest BCUT2D eigenvalue weighted by Gasteiger charge is 2.26. The van der Waals surface area contributed by atoms with Crippen LogP contribution >= 0.6 is 12.4 Å². The Morgan fingerprint density at radius 1 is 1.55 bits per heavy atom. The molecule has 0 aliphatic carbocycles. The normalized spacial score (nSPS) is 18.7. The third-order valence-electron chi connectivity index (χ3n) is 3.66. The van der Waals surface area contributed by atoms with Crippen LogP contribution in [0, 0.1) is 5.92 Å². The lowest BCUT2D eigenvalue weighted by molar-refractivity contribution is -0.126. The molecular weight excluding hydrogens is 306 g/mol. The number of halogens is 1. The van der Waals surface area contributed by atoms with Gasteiger partial charge in [-0.3, -0.25) is 9.69 Å². The Hall–Kier alpha value is -1.18. The second-order valence-corrected chi connectivity index (χ2v) is 5.51. The summed E-state index contributed by atoms with van der Waals surface area (Å²) in [6.07, 6.45) is 3.76. The van der Waals surface area contributed by atoms with Crippen LogP contribution in [0.1, 0.15) is 37.9 Å². The Bertz CT molecular complexity index is 454. The minimum absolute atomic E-state index is 0. The summed E-state index contributed by atoms with van der Waals surface area (Å²) in [6.45, 7) is 5.46. The number of carbonyl (C=O) groups is 1. The lowest BCUT2D eigenvalue weighted by atomic mass is 9.97. The van der Waals surface area contributed by atoms with Crippen LogP contribution in [0.15, 0.2) is 4.52 Å². The zero-order valence-corrected chi connectivity index (χ0v) is 13.9. The quantitative estimate of drug-likeness (QED) is 0.764. The van der Waals surface area contributed by atoms with Gasteiger partial charge < -0.3 is 15.6 Å². The maximum Gasteiger partial charge on any atom is 0.226 e. The second kappa shape index (κ2) is 9.76. The van der Waals surface area contributed by atoms with E-state index in [4.69, 9.17) is 10.3 Å². The topological polar surface area (TPSA) is 97.3 Å². The summed E-state index contributed by atoms with van der Waals surface area (Å²) in [5.74, 6) is 1.54. The molecule has 0 saturated carbocycles. The predicted molar refractivity (Wildman–Crippen MR) is 85.6 cm³/mol. The molecule has 1 fully saturated rings. The van der Waals surface area contributed by atoms with Crippen LogP contribution in [-0.4, -0.2) is 47.1 Å². The minimum Gasteiger partial charge on any atom is -0.355 e. The van der Waals surface area contributed by atoms with E-state index in [0.29, 0.717) is 31.3 Å². The first-order valence-corrected chi connectivity index (χ1v) is 7.74. The predicted octanol–water partition coefficient (Wildman–Crippen LogP) is 0.731. The maximum atomic E-state index is 12.0. The van der Waals surface area contributed by atoms with Crippen LogP contribution in [0.3, 0.4) is 0 Å². The van der Waals surface area contributed by atoms with Gasteiger partial charge in [0.1, 0.15) is 0 Å². The number of piperidine rings is 1. The molecule has 0 radical (unpaired) electrons. The number of nitrogens with two attached hydrogens (primary N) is 1. The molecule has 0 aromatic carbocycles. The van der Waals surface area contributed by atoms with Crippen molar-refractivity contribution in [2.45, 2.75) is 39.2 Å². The van der Waals surface area contributed by atoms with Gasteiger partial charge in [-0.25, -0.2) is 0 Å². The lowest BCUT2D eigenvalue weighted by Crippen LogP contribution is -2.43. The zero-order valence-electron chi connectivity index (χ0n) is 13.1. The number of aromatic nitrogens is 2. The lowest BCUT2D eigenvalue weighted by Gasteiger charge is -2.31. The molecule has 3 N–H and O–H groups in total. The number of nitrogens with one attached hydrogen (secondary N) is 1. The number of hydrogen-bond donors (Lipinski definition) is 2. The van der Waals surface area contributed by atoms with Crippen molar-refractivity contribution < 1.29 is 9.32 Å². The van der Waals surface area contributed by atoms with Crippen molar-refractivity contribution in [2.75, 3.05) is 26.2 Å². The third-order valence-corrected chi connectivity index (χ3v) is 3.66. The van der Waals surface area contributed by atoms with Gasteiger partial charge in [-0.05, 0) is 25.8 Å². The van der Waals surface area contributed by atoms with Gasteiger partial charge in [-0.1, -0.05) is 12.1 Å². The molecule has 1 aromatic rings. The first-order chi connectivity index (χ1) is 10.2. The number of rotatable bonds is 7. The van der Waals surface area contributed by atoms with Crippen LogP contribution in [-0.2, 0) is 17.8 Å². The van der Waals surface area contributed by atoms with E-state index in [1.54, 1.807) is 0 Å². The van der Waals surface area contributed by atoms with Gasteiger partial charge in [0.25, 0.3) is 0 Å². The van der Waals surface area contributed by atoms with Gasteiger partial charge in [-0.15, -0.1) is 12.4 Å².